The second kappa shape index (κ2) is 8.54. The third kappa shape index (κ3) is 4.60. The molecule has 1 saturated heterocycles. The number of carbonyl (C=O) groups excluding carboxylic acids is 3. The molecule has 1 fully saturated rings. The van der Waals surface area contributed by atoms with Crippen molar-refractivity contribution >= 4 is 46.5 Å². The van der Waals surface area contributed by atoms with Gasteiger partial charge in [0.05, 0.1) is 10.5 Å². The molecule has 0 aliphatic carbocycles. The van der Waals surface area contributed by atoms with E-state index < -0.39 is 23.0 Å². The zero-order chi connectivity index (χ0) is 22.0. The van der Waals surface area contributed by atoms with Gasteiger partial charge < -0.3 is 10.4 Å². The number of amides is 3. The standard InChI is InChI=1S/C22H20N2O5S/c1-12-8-13(2)19(14(3)9-12)23-18(25)11-24-20(26)17(30-22(24)29)10-15-4-6-16(7-5-15)21(27)28/h4-10H,11H2,1-3H3,(H,23,25)(H,27,28)/b17-10-. The number of carboxylic acid groups (broad SMARTS) is 1. The Morgan fingerprint density at radius 2 is 1.67 bits per heavy atom. The highest BCUT2D eigenvalue weighted by atomic mass is 32.2. The molecule has 2 aromatic rings. The monoisotopic (exact) mass is 424 g/mol. The molecule has 0 saturated carbocycles. The van der Waals surface area contributed by atoms with Gasteiger partial charge in [0.2, 0.25) is 5.91 Å². The van der Waals surface area contributed by atoms with Crippen molar-refractivity contribution in [3.05, 3.63) is 69.1 Å². The van der Waals surface area contributed by atoms with Gasteiger partial charge in [-0.1, -0.05) is 29.8 Å². The second-order valence-corrected chi connectivity index (χ2v) is 8.01. The summed E-state index contributed by atoms with van der Waals surface area (Å²) in [5.41, 5.74) is 4.26. The van der Waals surface area contributed by atoms with Gasteiger partial charge in [0.25, 0.3) is 11.1 Å². The van der Waals surface area contributed by atoms with E-state index in [1.54, 1.807) is 12.1 Å². The molecular formula is C22H20N2O5S. The van der Waals surface area contributed by atoms with E-state index in [1.165, 1.54) is 18.2 Å². The molecule has 1 aliphatic heterocycles. The lowest BCUT2D eigenvalue weighted by Gasteiger charge is -2.15. The molecule has 0 radical (unpaired) electrons. The lowest BCUT2D eigenvalue weighted by molar-refractivity contribution is -0.127. The number of aryl methyl sites for hydroxylation is 3. The Hall–Kier alpha value is -3.39. The Labute approximate surface area is 177 Å². The van der Waals surface area contributed by atoms with Crippen molar-refractivity contribution < 1.29 is 24.3 Å². The Balaban J connectivity index is 1.72. The van der Waals surface area contributed by atoms with Crippen molar-refractivity contribution in [3.8, 4) is 0 Å². The molecule has 0 unspecified atom stereocenters. The molecule has 154 valence electrons. The summed E-state index contributed by atoms with van der Waals surface area (Å²) in [6.45, 7) is 5.35. The minimum Gasteiger partial charge on any atom is -0.478 e. The van der Waals surface area contributed by atoms with Gasteiger partial charge in [0.15, 0.2) is 0 Å². The van der Waals surface area contributed by atoms with Crippen molar-refractivity contribution in [2.75, 3.05) is 11.9 Å². The molecule has 1 heterocycles. The van der Waals surface area contributed by atoms with E-state index in [-0.39, 0.29) is 17.0 Å². The maximum absolute atomic E-state index is 12.6. The quantitative estimate of drug-likeness (QED) is 0.704. The van der Waals surface area contributed by atoms with Crippen LogP contribution in [0.25, 0.3) is 6.08 Å². The van der Waals surface area contributed by atoms with E-state index in [4.69, 9.17) is 5.11 Å². The first-order chi connectivity index (χ1) is 14.2. The predicted molar refractivity (Wildman–Crippen MR) is 115 cm³/mol. The summed E-state index contributed by atoms with van der Waals surface area (Å²) >= 11 is 0.746. The Morgan fingerprint density at radius 3 is 2.23 bits per heavy atom. The van der Waals surface area contributed by atoms with Gasteiger partial charge in [0, 0.05) is 5.69 Å². The largest absolute Gasteiger partial charge is 0.478 e. The molecule has 0 spiro atoms. The average molecular weight is 424 g/mol. The van der Waals surface area contributed by atoms with Crippen LogP contribution in [-0.2, 0) is 9.59 Å². The van der Waals surface area contributed by atoms with Crippen molar-refractivity contribution in [1.82, 2.24) is 4.90 Å². The zero-order valence-corrected chi connectivity index (χ0v) is 17.5. The first kappa shape index (κ1) is 21.3. The van der Waals surface area contributed by atoms with E-state index in [0.717, 1.165) is 33.4 Å². The van der Waals surface area contributed by atoms with Crippen LogP contribution >= 0.6 is 11.8 Å². The fraction of sp³-hybridized carbons (Fsp3) is 0.182. The first-order valence-electron chi connectivity index (χ1n) is 9.12. The number of carbonyl (C=O) groups is 4. The van der Waals surface area contributed by atoms with Crippen LogP contribution in [0.1, 0.15) is 32.6 Å². The number of imide groups is 1. The normalized spacial score (nSPS) is 15.0. The lowest BCUT2D eigenvalue weighted by Crippen LogP contribution is -2.36. The molecule has 2 aromatic carbocycles. The van der Waals surface area contributed by atoms with Gasteiger partial charge in [-0.05, 0) is 67.4 Å². The fourth-order valence-corrected chi connectivity index (χ4v) is 4.05. The number of carboxylic acids is 1. The highest BCUT2D eigenvalue weighted by Crippen LogP contribution is 2.32. The number of thioether (sulfide) groups is 1. The number of rotatable bonds is 5. The highest BCUT2D eigenvalue weighted by molar-refractivity contribution is 8.18. The van der Waals surface area contributed by atoms with Gasteiger partial charge in [0.1, 0.15) is 6.54 Å². The summed E-state index contributed by atoms with van der Waals surface area (Å²) in [4.78, 5) is 49.3. The van der Waals surface area contributed by atoms with Crippen molar-refractivity contribution in [3.63, 3.8) is 0 Å². The predicted octanol–water partition coefficient (Wildman–Crippen LogP) is 3.99. The summed E-state index contributed by atoms with van der Waals surface area (Å²) < 4.78 is 0. The number of hydrogen-bond donors (Lipinski definition) is 2. The zero-order valence-electron chi connectivity index (χ0n) is 16.7. The van der Waals surface area contributed by atoms with Crippen LogP contribution in [0.5, 0.6) is 0 Å². The Morgan fingerprint density at radius 1 is 1.07 bits per heavy atom. The molecule has 7 nitrogen and oxygen atoms in total. The van der Waals surface area contributed by atoms with E-state index in [0.29, 0.717) is 11.3 Å². The van der Waals surface area contributed by atoms with E-state index in [1.807, 2.05) is 32.9 Å². The molecule has 3 amide bonds. The van der Waals surface area contributed by atoms with Gasteiger partial charge in [-0.2, -0.15) is 0 Å². The third-order valence-corrected chi connectivity index (χ3v) is 5.48. The summed E-state index contributed by atoms with van der Waals surface area (Å²) in [6.07, 6.45) is 1.50. The van der Waals surface area contributed by atoms with Crippen molar-refractivity contribution in [2.45, 2.75) is 20.8 Å². The van der Waals surface area contributed by atoms with E-state index in [2.05, 4.69) is 5.32 Å². The van der Waals surface area contributed by atoms with E-state index in [9.17, 15) is 19.2 Å². The molecule has 30 heavy (non-hydrogen) atoms. The summed E-state index contributed by atoms with van der Waals surface area (Å²) in [7, 11) is 0. The lowest BCUT2D eigenvalue weighted by atomic mass is 10.1. The number of hydrogen-bond acceptors (Lipinski definition) is 5. The van der Waals surface area contributed by atoms with E-state index >= 15 is 0 Å². The first-order valence-corrected chi connectivity index (χ1v) is 9.94. The van der Waals surface area contributed by atoms with Crippen LogP contribution in [0.4, 0.5) is 10.5 Å². The van der Waals surface area contributed by atoms with Crippen LogP contribution in [0, 0.1) is 20.8 Å². The molecule has 3 rings (SSSR count). The highest BCUT2D eigenvalue weighted by Gasteiger charge is 2.36. The van der Waals surface area contributed by atoms with Gasteiger partial charge >= 0.3 is 5.97 Å². The summed E-state index contributed by atoms with van der Waals surface area (Å²) in [5, 5.41) is 11.2. The Bertz CT molecular complexity index is 1070. The molecular weight excluding hydrogens is 404 g/mol. The minimum absolute atomic E-state index is 0.124. The average Bonchev–Trinajstić information content (AvgIpc) is 2.92. The van der Waals surface area contributed by atoms with Crippen LogP contribution < -0.4 is 5.32 Å². The molecule has 0 aromatic heterocycles. The van der Waals surface area contributed by atoms with Crippen LogP contribution in [0.3, 0.4) is 0 Å². The number of nitrogens with one attached hydrogen (secondary N) is 1. The van der Waals surface area contributed by atoms with Gasteiger partial charge in [-0.15, -0.1) is 0 Å². The van der Waals surface area contributed by atoms with Crippen molar-refractivity contribution in [2.24, 2.45) is 0 Å². The smallest absolute Gasteiger partial charge is 0.335 e. The Kier molecular flexibility index (Phi) is 6.07. The van der Waals surface area contributed by atoms with Crippen LogP contribution in [-0.4, -0.2) is 39.6 Å². The third-order valence-electron chi connectivity index (χ3n) is 4.57. The summed E-state index contributed by atoms with van der Waals surface area (Å²) in [5.74, 6) is -2.06. The fourth-order valence-electron chi connectivity index (χ4n) is 3.21. The number of nitrogens with zero attached hydrogens (tertiary/aromatic N) is 1. The molecule has 2 N–H and O–H groups in total. The molecule has 0 bridgehead atoms. The summed E-state index contributed by atoms with van der Waals surface area (Å²) in [6, 6.07) is 9.82. The number of aromatic carboxylic acids is 1. The topological polar surface area (TPSA) is 104 Å². The maximum atomic E-state index is 12.6. The van der Waals surface area contributed by atoms with Crippen LogP contribution in [0.2, 0.25) is 0 Å². The van der Waals surface area contributed by atoms with Crippen LogP contribution in [0.15, 0.2) is 41.3 Å². The minimum atomic E-state index is -1.05. The molecule has 8 heteroatoms. The maximum Gasteiger partial charge on any atom is 0.335 e. The SMILES string of the molecule is Cc1cc(C)c(NC(=O)CN2C(=O)S/C(=C\c3ccc(C(=O)O)cc3)C2=O)c(C)c1. The number of benzene rings is 2. The van der Waals surface area contributed by atoms with Gasteiger partial charge in [-0.25, -0.2) is 4.79 Å². The van der Waals surface area contributed by atoms with Crippen molar-refractivity contribution in [1.29, 1.82) is 0 Å². The van der Waals surface area contributed by atoms with Gasteiger partial charge in [-0.3, -0.25) is 19.3 Å². The molecule has 1 aliphatic rings. The number of anilines is 1. The second-order valence-electron chi connectivity index (χ2n) is 7.02. The molecule has 0 atom stereocenters.